The van der Waals surface area contributed by atoms with Crippen LogP contribution in [0.2, 0.25) is 0 Å². The number of ether oxygens (including phenoxy) is 1. The lowest BCUT2D eigenvalue weighted by molar-refractivity contribution is -0.143. The number of carbonyl (C=O) groups is 2. The maximum Gasteiger partial charge on any atom is 0.416 e. The van der Waals surface area contributed by atoms with E-state index in [-0.39, 0.29) is 6.61 Å². The summed E-state index contributed by atoms with van der Waals surface area (Å²) in [5, 5.41) is 0. The molecule has 1 rings (SSSR count). The number of alkyl halides is 3. The van der Waals surface area contributed by atoms with Gasteiger partial charge in [-0.25, -0.2) is 4.39 Å². The van der Waals surface area contributed by atoms with Crippen molar-refractivity contribution in [3.05, 3.63) is 35.1 Å². The van der Waals surface area contributed by atoms with E-state index in [1.807, 2.05) is 0 Å². The second-order valence-corrected chi connectivity index (χ2v) is 4.16. The minimum absolute atomic E-state index is 0.0960. The van der Waals surface area contributed by atoms with E-state index in [1.165, 1.54) is 7.05 Å². The van der Waals surface area contributed by atoms with Crippen LogP contribution in [0.3, 0.4) is 0 Å². The molecule has 8 heteroatoms. The Morgan fingerprint density at radius 1 is 1.29 bits per heavy atom. The first-order valence-electron chi connectivity index (χ1n) is 5.94. The van der Waals surface area contributed by atoms with E-state index in [0.717, 1.165) is 4.90 Å². The second kappa shape index (κ2) is 6.55. The lowest BCUT2D eigenvalue weighted by Crippen LogP contribution is -2.33. The molecule has 0 saturated carbocycles. The van der Waals surface area contributed by atoms with Gasteiger partial charge < -0.3 is 9.64 Å². The van der Waals surface area contributed by atoms with Crippen molar-refractivity contribution in [3.8, 4) is 0 Å². The standard InChI is InChI=1S/C13H13F4NO3/c1-3-21-11(19)7-18(2)12(20)9-6-8(13(15,16)17)4-5-10(9)14/h4-6H,3,7H2,1-2H3. The maximum absolute atomic E-state index is 13.5. The first kappa shape index (κ1) is 16.9. The van der Waals surface area contributed by atoms with E-state index in [4.69, 9.17) is 0 Å². The molecule has 0 heterocycles. The Morgan fingerprint density at radius 3 is 2.43 bits per heavy atom. The SMILES string of the molecule is CCOC(=O)CN(C)C(=O)c1cc(C(F)(F)F)ccc1F. The smallest absolute Gasteiger partial charge is 0.416 e. The van der Waals surface area contributed by atoms with Crippen LogP contribution in [-0.4, -0.2) is 37.0 Å². The molecule has 116 valence electrons. The quantitative estimate of drug-likeness (QED) is 0.634. The van der Waals surface area contributed by atoms with Gasteiger partial charge in [0, 0.05) is 7.05 Å². The molecular weight excluding hydrogens is 294 g/mol. The first-order chi connectivity index (χ1) is 9.66. The highest BCUT2D eigenvalue weighted by molar-refractivity contribution is 5.96. The molecule has 1 aromatic carbocycles. The molecule has 0 aliphatic rings. The minimum Gasteiger partial charge on any atom is -0.465 e. The first-order valence-corrected chi connectivity index (χ1v) is 5.94. The number of carbonyl (C=O) groups excluding carboxylic acids is 2. The Bertz CT molecular complexity index is 543. The average molecular weight is 307 g/mol. The molecule has 0 saturated heterocycles. The lowest BCUT2D eigenvalue weighted by atomic mass is 10.1. The van der Waals surface area contributed by atoms with Gasteiger partial charge >= 0.3 is 12.1 Å². The Kier molecular flexibility index (Phi) is 5.28. The zero-order valence-corrected chi connectivity index (χ0v) is 11.3. The number of halogens is 4. The largest absolute Gasteiger partial charge is 0.465 e. The maximum atomic E-state index is 13.5. The zero-order valence-electron chi connectivity index (χ0n) is 11.3. The normalized spacial score (nSPS) is 11.1. The van der Waals surface area contributed by atoms with E-state index in [0.29, 0.717) is 18.2 Å². The van der Waals surface area contributed by atoms with Crippen molar-refractivity contribution in [1.29, 1.82) is 0 Å². The number of hydrogen-bond donors (Lipinski definition) is 0. The van der Waals surface area contributed by atoms with Gasteiger partial charge in [0.25, 0.3) is 5.91 Å². The third-order valence-electron chi connectivity index (χ3n) is 2.54. The monoisotopic (exact) mass is 307 g/mol. The Labute approximate surface area is 118 Å². The highest BCUT2D eigenvalue weighted by Gasteiger charge is 2.32. The Hall–Kier alpha value is -2.12. The van der Waals surface area contributed by atoms with Crippen molar-refractivity contribution in [2.24, 2.45) is 0 Å². The fourth-order valence-electron chi connectivity index (χ4n) is 1.54. The third kappa shape index (κ3) is 4.44. The fraction of sp³-hybridized carbons (Fsp3) is 0.385. The molecule has 0 bridgehead atoms. The second-order valence-electron chi connectivity index (χ2n) is 4.16. The van der Waals surface area contributed by atoms with Gasteiger partial charge in [-0.05, 0) is 25.1 Å². The van der Waals surface area contributed by atoms with Gasteiger partial charge in [-0.2, -0.15) is 13.2 Å². The van der Waals surface area contributed by atoms with Gasteiger partial charge in [-0.15, -0.1) is 0 Å². The number of likely N-dealkylation sites (N-methyl/N-ethyl adjacent to an activating group) is 1. The molecular formula is C13H13F4NO3. The molecule has 0 fully saturated rings. The summed E-state index contributed by atoms with van der Waals surface area (Å²) in [6.45, 7) is 1.17. The van der Waals surface area contributed by atoms with Crippen molar-refractivity contribution >= 4 is 11.9 Å². The predicted octanol–water partition coefficient (Wildman–Crippen LogP) is 2.48. The highest BCUT2D eigenvalue weighted by Crippen LogP contribution is 2.30. The van der Waals surface area contributed by atoms with Crippen LogP contribution in [0.4, 0.5) is 17.6 Å². The summed E-state index contributed by atoms with van der Waals surface area (Å²) in [4.78, 5) is 23.9. The molecule has 0 aromatic heterocycles. The van der Waals surface area contributed by atoms with Gasteiger partial charge in [-0.3, -0.25) is 9.59 Å². The van der Waals surface area contributed by atoms with Crippen LogP contribution in [0.15, 0.2) is 18.2 Å². The summed E-state index contributed by atoms with van der Waals surface area (Å²) in [5.41, 5.74) is -1.89. The predicted molar refractivity (Wildman–Crippen MR) is 65.0 cm³/mol. The number of rotatable bonds is 4. The van der Waals surface area contributed by atoms with Gasteiger partial charge in [0.1, 0.15) is 12.4 Å². The molecule has 0 aliphatic heterocycles. The highest BCUT2D eigenvalue weighted by atomic mass is 19.4. The number of amides is 1. The molecule has 0 unspecified atom stereocenters. The van der Waals surface area contributed by atoms with Crippen molar-refractivity contribution in [2.75, 3.05) is 20.2 Å². The molecule has 1 amide bonds. The van der Waals surface area contributed by atoms with Crippen LogP contribution < -0.4 is 0 Å². The van der Waals surface area contributed by atoms with Gasteiger partial charge in [-0.1, -0.05) is 0 Å². The number of hydrogen-bond acceptors (Lipinski definition) is 3. The number of esters is 1. The molecule has 1 aromatic rings. The number of nitrogens with zero attached hydrogens (tertiary/aromatic N) is 1. The lowest BCUT2D eigenvalue weighted by Gasteiger charge is -2.17. The molecule has 0 spiro atoms. The summed E-state index contributed by atoms with van der Waals surface area (Å²) >= 11 is 0. The van der Waals surface area contributed by atoms with Crippen LogP contribution in [0.1, 0.15) is 22.8 Å². The van der Waals surface area contributed by atoms with Crippen molar-refractivity contribution < 1.29 is 31.9 Å². The summed E-state index contributed by atoms with van der Waals surface area (Å²) in [6, 6.07) is 1.52. The average Bonchev–Trinajstić information content (AvgIpc) is 2.37. The van der Waals surface area contributed by atoms with Crippen molar-refractivity contribution in [1.82, 2.24) is 4.90 Å². The van der Waals surface area contributed by atoms with E-state index in [2.05, 4.69) is 4.74 Å². The van der Waals surface area contributed by atoms with Gasteiger partial charge in [0.05, 0.1) is 17.7 Å². The molecule has 0 aliphatic carbocycles. The van der Waals surface area contributed by atoms with E-state index in [9.17, 15) is 27.2 Å². The molecule has 0 N–H and O–H groups in total. The van der Waals surface area contributed by atoms with Crippen LogP contribution in [0.5, 0.6) is 0 Å². The van der Waals surface area contributed by atoms with Crippen molar-refractivity contribution in [3.63, 3.8) is 0 Å². The van der Waals surface area contributed by atoms with Crippen LogP contribution >= 0.6 is 0 Å². The Balaban J connectivity index is 2.98. The minimum atomic E-state index is -4.69. The molecule has 21 heavy (non-hydrogen) atoms. The third-order valence-corrected chi connectivity index (χ3v) is 2.54. The molecule has 0 atom stereocenters. The summed E-state index contributed by atoms with van der Waals surface area (Å²) in [5.74, 6) is -2.86. The molecule has 0 radical (unpaired) electrons. The zero-order chi connectivity index (χ0) is 16.2. The van der Waals surface area contributed by atoms with E-state index >= 15 is 0 Å². The topological polar surface area (TPSA) is 46.6 Å². The summed E-state index contributed by atoms with van der Waals surface area (Å²) < 4.78 is 55.8. The van der Waals surface area contributed by atoms with Crippen LogP contribution in [0.25, 0.3) is 0 Å². The van der Waals surface area contributed by atoms with E-state index in [1.54, 1.807) is 6.92 Å². The van der Waals surface area contributed by atoms with Gasteiger partial charge in [0.2, 0.25) is 0 Å². The summed E-state index contributed by atoms with van der Waals surface area (Å²) in [7, 11) is 1.17. The van der Waals surface area contributed by atoms with Crippen LogP contribution in [0, 0.1) is 5.82 Å². The summed E-state index contributed by atoms with van der Waals surface area (Å²) in [6.07, 6.45) is -4.69. The Morgan fingerprint density at radius 2 is 1.90 bits per heavy atom. The molecule has 4 nitrogen and oxygen atoms in total. The van der Waals surface area contributed by atoms with Crippen LogP contribution in [-0.2, 0) is 15.7 Å². The van der Waals surface area contributed by atoms with Gasteiger partial charge in [0.15, 0.2) is 0 Å². The van der Waals surface area contributed by atoms with E-state index < -0.39 is 41.5 Å². The number of benzene rings is 1. The van der Waals surface area contributed by atoms with Crippen molar-refractivity contribution in [2.45, 2.75) is 13.1 Å². The fourth-order valence-corrected chi connectivity index (χ4v) is 1.54.